The Labute approximate surface area is 154 Å². The molecule has 0 aliphatic carbocycles. The van der Waals surface area contributed by atoms with Crippen molar-refractivity contribution in [2.75, 3.05) is 28.8 Å². The summed E-state index contributed by atoms with van der Waals surface area (Å²) in [6.07, 6.45) is 3.99. The van der Waals surface area contributed by atoms with E-state index in [4.69, 9.17) is 11.6 Å². The number of hydrogen-bond acceptors (Lipinski definition) is 3. The van der Waals surface area contributed by atoms with E-state index < -0.39 is 10.0 Å². The maximum atomic E-state index is 13.3. The molecule has 6 heteroatoms. The van der Waals surface area contributed by atoms with Crippen molar-refractivity contribution >= 4 is 33.0 Å². The van der Waals surface area contributed by atoms with Crippen molar-refractivity contribution in [3.8, 4) is 0 Å². The first-order valence-corrected chi connectivity index (χ1v) is 10.5. The summed E-state index contributed by atoms with van der Waals surface area (Å²) in [7, 11) is -3.60. The second-order valence-electron chi connectivity index (χ2n) is 6.62. The summed E-state index contributed by atoms with van der Waals surface area (Å²) < 4.78 is 28.1. The van der Waals surface area contributed by atoms with Crippen LogP contribution in [0.3, 0.4) is 0 Å². The molecule has 0 saturated carbocycles. The molecule has 2 aromatic carbocycles. The first-order valence-electron chi connectivity index (χ1n) is 8.72. The van der Waals surface area contributed by atoms with Crippen LogP contribution in [0.2, 0.25) is 5.02 Å². The number of para-hydroxylation sites is 1. The molecule has 0 amide bonds. The summed E-state index contributed by atoms with van der Waals surface area (Å²) in [5, 5.41) is 0.611. The highest BCUT2D eigenvalue weighted by molar-refractivity contribution is 7.92. The Balaban J connectivity index is 1.75. The topological polar surface area (TPSA) is 40.6 Å². The van der Waals surface area contributed by atoms with Crippen LogP contribution in [0.4, 0.5) is 11.4 Å². The van der Waals surface area contributed by atoms with Gasteiger partial charge in [-0.2, -0.15) is 0 Å². The van der Waals surface area contributed by atoms with Crippen LogP contribution in [0.5, 0.6) is 0 Å². The number of fused-ring (bicyclic) bond motifs is 1. The number of halogens is 1. The molecule has 2 aliphatic heterocycles. The number of sulfonamides is 1. The third-order valence-corrected chi connectivity index (χ3v) is 7.15. The van der Waals surface area contributed by atoms with Crippen LogP contribution in [-0.2, 0) is 16.4 Å². The molecule has 4 rings (SSSR count). The zero-order chi connectivity index (χ0) is 17.4. The standard InChI is InChI=1S/C19H21ClN2O2S/c20-17-10-9-16(14-19(17)21-11-3-4-12-21)25(23,24)22-13-5-7-15-6-1-2-8-18(15)22/h1-2,6,8-10,14H,3-5,7,11-13H2. The SMILES string of the molecule is O=S(=O)(c1ccc(Cl)c(N2CCCC2)c1)N1CCCc2ccccc21. The molecule has 0 atom stereocenters. The van der Waals surface area contributed by atoms with Crippen LogP contribution in [0.15, 0.2) is 47.4 Å². The average molecular weight is 377 g/mol. The summed E-state index contributed by atoms with van der Waals surface area (Å²) in [5.41, 5.74) is 2.71. The van der Waals surface area contributed by atoms with Gasteiger partial charge in [0.15, 0.2) is 0 Å². The summed E-state index contributed by atoms with van der Waals surface area (Å²) in [5.74, 6) is 0. The smallest absolute Gasteiger partial charge is 0.264 e. The molecule has 0 bridgehead atoms. The fourth-order valence-electron chi connectivity index (χ4n) is 3.73. The van der Waals surface area contributed by atoms with Gasteiger partial charge in [-0.3, -0.25) is 4.31 Å². The Morgan fingerprint density at radius 1 is 0.880 bits per heavy atom. The van der Waals surface area contributed by atoms with Gasteiger partial charge in [-0.25, -0.2) is 8.42 Å². The summed E-state index contributed by atoms with van der Waals surface area (Å²) in [6, 6.07) is 12.8. The van der Waals surface area contributed by atoms with Crippen molar-refractivity contribution in [1.82, 2.24) is 0 Å². The number of rotatable bonds is 3. The summed E-state index contributed by atoms with van der Waals surface area (Å²) in [6.45, 7) is 2.37. The van der Waals surface area contributed by atoms with E-state index >= 15 is 0 Å². The van der Waals surface area contributed by atoms with E-state index in [0.717, 1.165) is 55.7 Å². The van der Waals surface area contributed by atoms with Gasteiger partial charge in [0.25, 0.3) is 10.0 Å². The van der Waals surface area contributed by atoms with Crippen LogP contribution in [0.1, 0.15) is 24.8 Å². The van der Waals surface area contributed by atoms with Crippen molar-refractivity contribution < 1.29 is 8.42 Å². The molecule has 2 aromatic rings. The minimum Gasteiger partial charge on any atom is -0.370 e. The predicted octanol–water partition coefficient (Wildman–Crippen LogP) is 4.08. The molecule has 2 heterocycles. The van der Waals surface area contributed by atoms with E-state index in [1.54, 1.807) is 22.5 Å². The lowest BCUT2D eigenvalue weighted by atomic mass is 10.0. The molecule has 0 radical (unpaired) electrons. The molecule has 0 aromatic heterocycles. The number of hydrogen-bond donors (Lipinski definition) is 0. The molecule has 132 valence electrons. The van der Waals surface area contributed by atoms with Crippen molar-refractivity contribution in [2.24, 2.45) is 0 Å². The third-order valence-electron chi connectivity index (χ3n) is 5.02. The summed E-state index contributed by atoms with van der Waals surface area (Å²) >= 11 is 6.34. The van der Waals surface area contributed by atoms with E-state index in [1.165, 1.54) is 0 Å². The Kier molecular flexibility index (Phi) is 4.38. The Morgan fingerprint density at radius 3 is 2.44 bits per heavy atom. The minimum atomic E-state index is -3.60. The lowest BCUT2D eigenvalue weighted by Gasteiger charge is -2.31. The number of anilines is 2. The van der Waals surface area contributed by atoms with E-state index in [1.807, 2.05) is 24.3 Å². The molecule has 0 N–H and O–H groups in total. The fraction of sp³-hybridized carbons (Fsp3) is 0.368. The van der Waals surface area contributed by atoms with Crippen molar-refractivity contribution in [1.29, 1.82) is 0 Å². The highest BCUT2D eigenvalue weighted by atomic mass is 35.5. The quantitative estimate of drug-likeness (QED) is 0.810. The zero-order valence-electron chi connectivity index (χ0n) is 14.0. The van der Waals surface area contributed by atoms with E-state index in [0.29, 0.717) is 16.5 Å². The van der Waals surface area contributed by atoms with Crippen LogP contribution in [0, 0.1) is 0 Å². The van der Waals surface area contributed by atoms with Crippen LogP contribution in [-0.4, -0.2) is 28.1 Å². The van der Waals surface area contributed by atoms with E-state index in [2.05, 4.69) is 4.90 Å². The molecular formula is C19H21ClN2O2S. The van der Waals surface area contributed by atoms with Gasteiger partial charge in [0.05, 0.1) is 21.3 Å². The highest BCUT2D eigenvalue weighted by Crippen LogP contribution is 2.35. The Bertz CT molecular complexity index is 892. The van der Waals surface area contributed by atoms with Crippen molar-refractivity contribution in [2.45, 2.75) is 30.6 Å². The number of aryl methyl sites for hydroxylation is 1. The lowest BCUT2D eigenvalue weighted by molar-refractivity contribution is 0.586. The summed E-state index contributed by atoms with van der Waals surface area (Å²) in [4.78, 5) is 2.49. The molecule has 1 saturated heterocycles. The van der Waals surface area contributed by atoms with Gasteiger partial charge in [-0.15, -0.1) is 0 Å². The van der Waals surface area contributed by atoms with Gasteiger partial charge in [0.1, 0.15) is 0 Å². The Hall–Kier alpha value is -1.72. The maximum Gasteiger partial charge on any atom is 0.264 e. The minimum absolute atomic E-state index is 0.315. The normalized spacial score (nSPS) is 17.6. The van der Waals surface area contributed by atoms with Crippen LogP contribution in [0.25, 0.3) is 0 Å². The molecule has 2 aliphatic rings. The second-order valence-corrected chi connectivity index (χ2v) is 8.89. The Morgan fingerprint density at radius 2 is 1.64 bits per heavy atom. The molecule has 25 heavy (non-hydrogen) atoms. The second kappa shape index (κ2) is 6.54. The van der Waals surface area contributed by atoms with Gasteiger partial charge in [-0.05, 0) is 55.5 Å². The molecule has 1 fully saturated rings. The van der Waals surface area contributed by atoms with Gasteiger partial charge in [0.2, 0.25) is 0 Å². The zero-order valence-corrected chi connectivity index (χ0v) is 15.6. The average Bonchev–Trinajstić information content (AvgIpc) is 3.16. The molecule has 0 spiro atoms. The van der Waals surface area contributed by atoms with E-state index in [9.17, 15) is 8.42 Å². The van der Waals surface area contributed by atoms with Crippen LogP contribution >= 0.6 is 11.6 Å². The molecular weight excluding hydrogens is 356 g/mol. The lowest BCUT2D eigenvalue weighted by Crippen LogP contribution is -2.35. The van der Waals surface area contributed by atoms with Crippen LogP contribution < -0.4 is 9.21 Å². The highest BCUT2D eigenvalue weighted by Gasteiger charge is 2.30. The van der Waals surface area contributed by atoms with Crippen molar-refractivity contribution in [3.05, 3.63) is 53.1 Å². The van der Waals surface area contributed by atoms with Gasteiger partial charge < -0.3 is 4.90 Å². The first kappa shape index (κ1) is 16.7. The number of nitrogens with zero attached hydrogens (tertiary/aromatic N) is 2. The molecule has 4 nitrogen and oxygen atoms in total. The molecule has 0 unspecified atom stereocenters. The fourth-order valence-corrected chi connectivity index (χ4v) is 5.53. The monoisotopic (exact) mass is 376 g/mol. The number of benzene rings is 2. The van der Waals surface area contributed by atoms with E-state index in [-0.39, 0.29) is 0 Å². The first-order chi connectivity index (χ1) is 12.1. The van der Waals surface area contributed by atoms with Gasteiger partial charge >= 0.3 is 0 Å². The third kappa shape index (κ3) is 3.00. The van der Waals surface area contributed by atoms with Gasteiger partial charge in [-0.1, -0.05) is 29.8 Å². The maximum absolute atomic E-state index is 13.3. The largest absolute Gasteiger partial charge is 0.370 e. The van der Waals surface area contributed by atoms with Crippen molar-refractivity contribution in [3.63, 3.8) is 0 Å². The predicted molar refractivity (Wildman–Crippen MR) is 102 cm³/mol. The van der Waals surface area contributed by atoms with Gasteiger partial charge in [0, 0.05) is 19.6 Å².